The molecule has 1 aromatic heterocycles. The van der Waals surface area contributed by atoms with Gasteiger partial charge in [-0.1, -0.05) is 35.0 Å². The van der Waals surface area contributed by atoms with Crippen LogP contribution in [-0.2, 0) is 6.54 Å². The molecule has 1 amide bonds. The summed E-state index contributed by atoms with van der Waals surface area (Å²) < 4.78 is 14.8. The van der Waals surface area contributed by atoms with E-state index in [4.69, 9.17) is 11.6 Å². The molecular weight excluding hydrogens is 391 g/mol. The molecule has 0 fully saturated rings. The Hall–Kier alpha value is -3.51. The summed E-state index contributed by atoms with van der Waals surface area (Å²) in [7, 11) is 0. The van der Waals surface area contributed by atoms with Gasteiger partial charge in [0.15, 0.2) is 0 Å². The number of rotatable bonds is 5. The van der Waals surface area contributed by atoms with Crippen molar-refractivity contribution in [1.29, 1.82) is 0 Å². The van der Waals surface area contributed by atoms with Crippen molar-refractivity contribution < 1.29 is 9.18 Å². The maximum atomic E-state index is 13.2. The first kappa shape index (κ1) is 18.8. The molecule has 0 bridgehead atoms. The average Bonchev–Trinajstić information content (AvgIpc) is 3.23. The monoisotopic (exact) mass is 406 g/mol. The summed E-state index contributed by atoms with van der Waals surface area (Å²) in [6.45, 7) is 0.345. The van der Waals surface area contributed by atoms with Crippen LogP contribution in [0.25, 0.3) is 16.9 Å². The van der Waals surface area contributed by atoms with Gasteiger partial charge in [-0.2, -0.15) is 0 Å². The highest BCUT2D eigenvalue weighted by Crippen LogP contribution is 2.22. The number of benzene rings is 3. The van der Waals surface area contributed by atoms with E-state index in [0.717, 1.165) is 22.5 Å². The molecule has 0 aliphatic rings. The highest BCUT2D eigenvalue weighted by molar-refractivity contribution is 6.31. The van der Waals surface area contributed by atoms with E-state index in [1.54, 1.807) is 53.3 Å². The van der Waals surface area contributed by atoms with Crippen molar-refractivity contribution in [1.82, 2.24) is 20.3 Å². The van der Waals surface area contributed by atoms with Gasteiger partial charge in [0.1, 0.15) is 5.82 Å². The van der Waals surface area contributed by atoms with Crippen molar-refractivity contribution in [3.8, 4) is 16.9 Å². The number of hydrogen-bond donors (Lipinski definition) is 1. The molecule has 0 unspecified atom stereocenters. The molecule has 0 aliphatic carbocycles. The van der Waals surface area contributed by atoms with Crippen LogP contribution in [-0.4, -0.2) is 20.9 Å². The van der Waals surface area contributed by atoms with Crippen LogP contribution in [0.15, 0.2) is 79.0 Å². The second-order valence-electron chi connectivity index (χ2n) is 6.36. The third-order valence-corrected chi connectivity index (χ3v) is 4.83. The number of carbonyl (C=O) groups is 1. The lowest BCUT2D eigenvalue weighted by molar-refractivity contribution is 0.0951. The van der Waals surface area contributed by atoms with Crippen LogP contribution < -0.4 is 5.32 Å². The molecule has 0 radical (unpaired) electrons. The molecule has 5 nitrogen and oxygen atoms in total. The largest absolute Gasteiger partial charge is 0.348 e. The van der Waals surface area contributed by atoms with Crippen molar-refractivity contribution in [2.75, 3.05) is 0 Å². The van der Waals surface area contributed by atoms with Crippen molar-refractivity contribution in [2.45, 2.75) is 6.54 Å². The molecule has 0 atom stereocenters. The minimum Gasteiger partial charge on any atom is -0.348 e. The van der Waals surface area contributed by atoms with Gasteiger partial charge in [0.25, 0.3) is 5.91 Å². The van der Waals surface area contributed by atoms with Gasteiger partial charge >= 0.3 is 0 Å². The van der Waals surface area contributed by atoms with Crippen LogP contribution in [0.3, 0.4) is 0 Å². The molecule has 0 saturated heterocycles. The lowest BCUT2D eigenvalue weighted by atomic mass is 10.1. The van der Waals surface area contributed by atoms with E-state index in [0.29, 0.717) is 17.1 Å². The lowest BCUT2D eigenvalue weighted by Crippen LogP contribution is -2.22. The molecule has 144 valence electrons. The zero-order valence-electron chi connectivity index (χ0n) is 15.2. The fraction of sp³-hybridized carbons (Fsp3) is 0.0455. The predicted octanol–water partition coefficient (Wildman–Crippen LogP) is 4.66. The maximum absolute atomic E-state index is 13.2. The number of halogens is 2. The summed E-state index contributed by atoms with van der Waals surface area (Å²) in [4.78, 5) is 12.4. The van der Waals surface area contributed by atoms with Gasteiger partial charge in [0, 0.05) is 22.7 Å². The van der Waals surface area contributed by atoms with Gasteiger partial charge in [-0.15, -0.1) is 5.10 Å². The quantitative estimate of drug-likeness (QED) is 0.524. The van der Waals surface area contributed by atoms with Crippen LogP contribution in [0.2, 0.25) is 5.02 Å². The first-order valence-electron chi connectivity index (χ1n) is 8.90. The van der Waals surface area contributed by atoms with Gasteiger partial charge in [-0.3, -0.25) is 4.79 Å². The smallest absolute Gasteiger partial charge is 0.251 e. The van der Waals surface area contributed by atoms with Crippen molar-refractivity contribution in [3.05, 3.63) is 101 Å². The molecule has 0 saturated carbocycles. The Morgan fingerprint density at radius 2 is 1.72 bits per heavy atom. The molecule has 3 aromatic carbocycles. The van der Waals surface area contributed by atoms with Crippen LogP contribution >= 0.6 is 11.6 Å². The lowest BCUT2D eigenvalue weighted by Gasteiger charge is -2.09. The Kier molecular flexibility index (Phi) is 5.35. The van der Waals surface area contributed by atoms with Crippen LogP contribution in [0.5, 0.6) is 0 Å². The minimum atomic E-state index is -0.306. The average molecular weight is 407 g/mol. The number of carbonyl (C=O) groups excluding carboxylic acids is 1. The van der Waals surface area contributed by atoms with Crippen LogP contribution in [0, 0.1) is 5.82 Å². The summed E-state index contributed by atoms with van der Waals surface area (Å²) >= 11 is 6.12. The highest BCUT2D eigenvalue weighted by atomic mass is 35.5. The van der Waals surface area contributed by atoms with Crippen LogP contribution in [0.1, 0.15) is 15.9 Å². The summed E-state index contributed by atoms with van der Waals surface area (Å²) in [6.07, 6.45) is 1.61. The molecule has 1 N–H and O–H groups in total. The summed E-state index contributed by atoms with van der Waals surface area (Å²) in [5.74, 6) is -0.506. The first-order valence-corrected chi connectivity index (χ1v) is 9.28. The molecule has 0 spiro atoms. The minimum absolute atomic E-state index is 0.200. The maximum Gasteiger partial charge on any atom is 0.251 e. The zero-order valence-corrected chi connectivity index (χ0v) is 16.0. The van der Waals surface area contributed by atoms with E-state index in [9.17, 15) is 9.18 Å². The molecule has 7 heteroatoms. The topological polar surface area (TPSA) is 59.8 Å². The van der Waals surface area contributed by atoms with Gasteiger partial charge in [-0.05, 0) is 60.2 Å². The van der Waals surface area contributed by atoms with Crippen LogP contribution in [0.4, 0.5) is 4.39 Å². The van der Waals surface area contributed by atoms with Crippen molar-refractivity contribution in [2.24, 2.45) is 0 Å². The van der Waals surface area contributed by atoms with Gasteiger partial charge in [-0.25, -0.2) is 9.07 Å². The Balaban J connectivity index is 1.50. The van der Waals surface area contributed by atoms with E-state index >= 15 is 0 Å². The number of nitrogens with zero attached hydrogens (tertiary/aromatic N) is 3. The van der Waals surface area contributed by atoms with E-state index in [-0.39, 0.29) is 11.7 Å². The first-order chi connectivity index (χ1) is 14.1. The van der Waals surface area contributed by atoms with E-state index < -0.39 is 0 Å². The highest BCUT2D eigenvalue weighted by Gasteiger charge is 2.11. The van der Waals surface area contributed by atoms with E-state index in [1.807, 2.05) is 18.2 Å². The Labute approximate surface area is 171 Å². The van der Waals surface area contributed by atoms with E-state index in [2.05, 4.69) is 15.6 Å². The molecule has 29 heavy (non-hydrogen) atoms. The number of amides is 1. The Bertz CT molecular complexity index is 1140. The molecule has 4 aromatic rings. The molecule has 0 aliphatic heterocycles. The van der Waals surface area contributed by atoms with Gasteiger partial charge in [0.05, 0.1) is 17.6 Å². The number of aromatic nitrogens is 3. The number of nitrogens with one attached hydrogen (secondary N) is 1. The Morgan fingerprint density at radius 3 is 2.45 bits per heavy atom. The molecular formula is C22H16ClFN4O. The number of hydrogen-bond acceptors (Lipinski definition) is 3. The summed E-state index contributed by atoms with van der Waals surface area (Å²) in [6, 6.07) is 20.5. The van der Waals surface area contributed by atoms with Crippen molar-refractivity contribution >= 4 is 17.5 Å². The fourth-order valence-corrected chi connectivity index (χ4v) is 3.12. The molecule has 1 heterocycles. The predicted molar refractivity (Wildman–Crippen MR) is 109 cm³/mol. The summed E-state index contributed by atoms with van der Waals surface area (Å²) in [5.41, 5.74) is 3.62. The SMILES string of the molecule is O=C(NCc1ccccc1Cl)c1ccc(-n2nncc2-c2ccc(F)cc2)cc1. The summed E-state index contributed by atoms with van der Waals surface area (Å²) in [5, 5.41) is 11.5. The normalized spacial score (nSPS) is 10.7. The second kappa shape index (κ2) is 8.24. The van der Waals surface area contributed by atoms with Gasteiger partial charge < -0.3 is 5.32 Å². The second-order valence-corrected chi connectivity index (χ2v) is 6.77. The Morgan fingerprint density at radius 1 is 1.00 bits per heavy atom. The fourth-order valence-electron chi connectivity index (χ4n) is 2.92. The molecule has 4 rings (SSSR count). The van der Waals surface area contributed by atoms with E-state index in [1.165, 1.54) is 12.1 Å². The van der Waals surface area contributed by atoms with Gasteiger partial charge in [0.2, 0.25) is 0 Å². The standard InChI is InChI=1S/C22H16ClFN4O/c23-20-4-2-1-3-17(20)13-25-22(29)16-7-11-19(12-8-16)28-21(14-26-27-28)15-5-9-18(24)10-6-15/h1-12,14H,13H2,(H,25,29). The third kappa shape index (κ3) is 4.17. The van der Waals surface area contributed by atoms with Crippen molar-refractivity contribution in [3.63, 3.8) is 0 Å². The zero-order chi connectivity index (χ0) is 20.2. The third-order valence-electron chi connectivity index (χ3n) is 4.46.